The molecular weight excluding hydrogens is 496 g/mol. The minimum atomic E-state index is -3.89. The number of hydrogen-bond acceptors (Lipinski definition) is 6. The molecule has 36 heavy (non-hydrogen) atoms. The summed E-state index contributed by atoms with van der Waals surface area (Å²) < 4.78 is 55.4. The Morgan fingerprint density at radius 1 is 0.917 bits per heavy atom. The topological polar surface area (TPSA) is 109 Å². The summed E-state index contributed by atoms with van der Waals surface area (Å²) in [4.78, 5) is 9.03. The van der Waals surface area contributed by atoms with E-state index in [0.29, 0.717) is 24.3 Å². The number of benzene rings is 2. The molecule has 2 aromatic carbocycles. The first-order valence-corrected chi connectivity index (χ1v) is 14.8. The van der Waals surface area contributed by atoms with Crippen molar-refractivity contribution < 1.29 is 16.8 Å². The number of sulfonamides is 2. The third kappa shape index (κ3) is 4.91. The highest BCUT2D eigenvalue weighted by molar-refractivity contribution is 7.93. The molecule has 5 rings (SSSR count). The first kappa shape index (κ1) is 24.2. The fourth-order valence-electron chi connectivity index (χ4n) is 4.33. The molecule has 0 saturated carbocycles. The summed E-state index contributed by atoms with van der Waals surface area (Å²) in [7, 11) is -7.29. The van der Waals surface area contributed by atoms with Gasteiger partial charge in [0.05, 0.1) is 33.1 Å². The van der Waals surface area contributed by atoms with E-state index in [1.54, 1.807) is 30.5 Å². The molecule has 0 spiro atoms. The predicted octanol–water partition coefficient (Wildman–Crippen LogP) is 4.73. The van der Waals surface area contributed by atoms with Gasteiger partial charge in [-0.15, -0.1) is 0 Å². The molecule has 0 aliphatic carbocycles. The minimum Gasteiger partial charge on any atom is -0.280 e. The van der Waals surface area contributed by atoms with Gasteiger partial charge in [0.25, 0.3) is 10.0 Å². The summed E-state index contributed by atoms with van der Waals surface area (Å²) in [5.41, 5.74) is 4.91. The molecule has 0 unspecified atom stereocenters. The van der Waals surface area contributed by atoms with Gasteiger partial charge < -0.3 is 0 Å². The van der Waals surface area contributed by atoms with Crippen molar-refractivity contribution in [3.63, 3.8) is 0 Å². The maximum atomic E-state index is 13.1. The maximum absolute atomic E-state index is 13.1. The molecule has 3 heterocycles. The van der Waals surface area contributed by atoms with Crippen molar-refractivity contribution in [2.75, 3.05) is 21.3 Å². The van der Waals surface area contributed by atoms with E-state index in [4.69, 9.17) is 0 Å². The van der Waals surface area contributed by atoms with Gasteiger partial charge >= 0.3 is 0 Å². The highest BCUT2D eigenvalue weighted by Gasteiger charge is 2.25. The molecule has 0 amide bonds. The second kappa shape index (κ2) is 9.51. The van der Waals surface area contributed by atoms with Crippen LogP contribution in [0.5, 0.6) is 0 Å². The number of nitrogens with zero attached hydrogens (tertiary/aromatic N) is 3. The molecule has 1 saturated heterocycles. The van der Waals surface area contributed by atoms with Crippen LogP contribution in [0.3, 0.4) is 0 Å². The van der Waals surface area contributed by atoms with Gasteiger partial charge in [-0.25, -0.2) is 21.8 Å². The van der Waals surface area contributed by atoms with Crippen LogP contribution < -0.4 is 9.03 Å². The quantitative estimate of drug-likeness (QED) is 0.406. The van der Waals surface area contributed by atoms with E-state index in [2.05, 4.69) is 14.7 Å². The van der Waals surface area contributed by atoms with Crippen LogP contribution in [-0.2, 0) is 20.0 Å². The summed E-state index contributed by atoms with van der Waals surface area (Å²) >= 11 is 0. The molecule has 0 radical (unpaired) electrons. The second-order valence-corrected chi connectivity index (χ2v) is 12.5. The molecule has 1 N–H and O–H groups in total. The summed E-state index contributed by atoms with van der Waals surface area (Å²) in [6.07, 6.45) is 3.98. The van der Waals surface area contributed by atoms with E-state index in [0.717, 1.165) is 40.7 Å². The van der Waals surface area contributed by atoms with Crippen molar-refractivity contribution in [2.45, 2.75) is 31.1 Å². The number of aryl methyl sites for hydroxylation is 1. The molecule has 8 nitrogen and oxygen atoms in total. The van der Waals surface area contributed by atoms with Gasteiger partial charge in [-0.1, -0.05) is 12.5 Å². The Morgan fingerprint density at radius 2 is 1.72 bits per heavy atom. The number of anilines is 2. The summed E-state index contributed by atoms with van der Waals surface area (Å²) in [5, 5.41) is 0. The average molecular weight is 523 g/mol. The minimum absolute atomic E-state index is 0.0514. The van der Waals surface area contributed by atoms with Crippen molar-refractivity contribution in [1.82, 2.24) is 9.97 Å². The van der Waals surface area contributed by atoms with Gasteiger partial charge in [-0.3, -0.25) is 14.0 Å². The predicted molar refractivity (Wildman–Crippen MR) is 142 cm³/mol. The molecule has 0 atom stereocenters. The molecule has 1 aliphatic rings. The highest BCUT2D eigenvalue weighted by Crippen LogP contribution is 2.29. The van der Waals surface area contributed by atoms with E-state index < -0.39 is 20.0 Å². The van der Waals surface area contributed by atoms with Crippen molar-refractivity contribution in [3.8, 4) is 11.3 Å². The van der Waals surface area contributed by atoms with Crippen LogP contribution >= 0.6 is 0 Å². The van der Waals surface area contributed by atoms with E-state index in [-0.39, 0.29) is 10.6 Å². The number of fused-ring (bicyclic) bond motifs is 1. The van der Waals surface area contributed by atoms with Gasteiger partial charge in [-0.2, -0.15) is 0 Å². The zero-order valence-electron chi connectivity index (χ0n) is 19.8. The normalized spacial score (nSPS) is 16.0. The molecule has 0 bridgehead atoms. The number of rotatable bonds is 5. The Morgan fingerprint density at radius 3 is 2.53 bits per heavy atom. The Labute approximate surface area is 211 Å². The molecule has 1 aliphatic heterocycles. The Bertz CT molecular complexity index is 1640. The third-order valence-corrected chi connectivity index (χ3v) is 9.52. The Balaban J connectivity index is 1.41. The lowest BCUT2D eigenvalue weighted by atomic mass is 10.0. The van der Waals surface area contributed by atoms with Crippen LogP contribution in [-0.4, -0.2) is 39.1 Å². The fourth-order valence-corrected chi connectivity index (χ4v) is 7.02. The lowest BCUT2D eigenvalue weighted by Gasteiger charge is -2.22. The number of nitrogens with one attached hydrogen (secondary N) is 1. The molecule has 4 aromatic rings. The van der Waals surface area contributed by atoms with Gasteiger partial charge in [-0.05, 0) is 86.0 Å². The monoisotopic (exact) mass is 522 g/mol. The van der Waals surface area contributed by atoms with E-state index in [1.165, 1.54) is 16.4 Å². The Hall–Kier alpha value is -3.50. The van der Waals surface area contributed by atoms with Crippen LogP contribution in [0.2, 0.25) is 0 Å². The van der Waals surface area contributed by atoms with E-state index in [1.807, 2.05) is 37.3 Å². The van der Waals surface area contributed by atoms with E-state index >= 15 is 0 Å². The van der Waals surface area contributed by atoms with Crippen LogP contribution in [0.1, 0.15) is 24.8 Å². The van der Waals surface area contributed by atoms with Crippen molar-refractivity contribution in [2.24, 2.45) is 0 Å². The molecular formula is C26H26N4O4S2. The third-order valence-electron chi connectivity index (χ3n) is 6.26. The summed E-state index contributed by atoms with van der Waals surface area (Å²) in [6, 6.07) is 18.7. The average Bonchev–Trinajstić information content (AvgIpc) is 3.05. The first-order chi connectivity index (χ1) is 17.2. The highest BCUT2D eigenvalue weighted by atomic mass is 32.2. The fraction of sp³-hybridized carbons (Fsp3) is 0.231. The molecule has 2 aromatic heterocycles. The zero-order chi connectivity index (χ0) is 25.3. The molecule has 10 heteroatoms. The van der Waals surface area contributed by atoms with Crippen LogP contribution in [0, 0.1) is 6.92 Å². The summed E-state index contributed by atoms with van der Waals surface area (Å²) in [5.74, 6) is 0.104. The lowest BCUT2D eigenvalue weighted by molar-refractivity contribution is 0.592. The lowest BCUT2D eigenvalue weighted by Crippen LogP contribution is -2.32. The van der Waals surface area contributed by atoms with Crippen LogP contribution in [0.15, 0.2) is 77.8 Å². The maximum Gasteiger partial charge on any atom is 0.261 e. The van der Waals surface area contributed by atoms with Gasteiger partial charge in [0.15, 0.2) is 0 Å². The zero-order valence-corrected chi connectivity index (χ0v) is 21.4. The number of aromatic nitrogens is 2. The smallest absolute Gasteiger partial charge is 0.261 e. The van der Waals surface area contributed by atoms with Crippen molar-refractivity contribution >= 4 is 42.5 Å². The SMILES string of the molecule is Cc1ccc(NS(=O)(=O)c2ccc(N3CCCCCS3(=O)=O)cc2)cc1-c1ccc2ncccc2n1. The largest absolute Gasteiger partial charge is 0.280 e. The Kier molecular flexibility index (Phi) is 6.40. The van der Waals surface area contributed by atoms with Crippen LogP contribution in [0.25, 0.3) is 22.3 Å². The van der Waals surface area contributed by atoms with E-state index in [9.17, 15) is 16.8 Å². The van der Waals surface area contributed by atoms with Gasteiger partial charge in [0.1, 0.15) is 0 Å². The first-order valence-electron chi connectivity index (χ1n) is 11.7. The van der Waals surface area contributed by atoms with Crippen LogP contribution in [0.4, 0.5) is 11.4 Å². The number of pyridine rings is 2. The standard InChI is InChI=1S/C26H26N4O4S2/c1-19-7-8-20(18-23(19)24-13-14-25-26(28-24)6-5-15-27-25)29-36(33,34)22-11-9-21(10-12-22)30-16-3-2-4-17-35(30,31)32/h5-15,18,29H,2-4,16-17H2,1H3. The number of hydrogen-bond donors (Lipinski definition) is 1. The van der Waals surface area contributed by atoms with Crippen molar-refractivity contribution in [1.29, 1.82) is 0 Å². The second-order valence-electron chi connectivity index (χ2n) is 8.82. The van der Waals surface area contributed by atoms with Gasteiger partial charge in [0, 0.05) is 24.0 Å². The van der Waals surface area contributed by atoms with Gasteiger partial charge in [0.2, 0.25) is 10.0 Å². The molecule has 186 valence electrons. The molecule has 1 fully saturated rings. The summed E-state index contributed by atoms with van der Waals surface area (Å²) in [6.45, 7) is 2.34. The van der Waals surface area contributed by atoms with Crippen molar-refractivity contribution in [3.05, 3.63) is 78.5 Å².